The maximum atomic E-state index is 12.3. The smallest absolute Gasteiger partial charge is 0.262 e. The molecule has 0 radical (unpaired) electrons. The quantitative estimate of drug-likeness (QED) is 0.594. The van der Waals surface area contributed by atoms with Crippen LogP contribution >= 0.6 is 10.7 Å². The van der Waals surface area contributed by atoms with Gasteiger partial charge >= 0.3 is 0 Å². The van der Waals surface area contributed by atoms with Crippen molar-refractivity contribution in [1.82, 2.24) is 4.90 Å². The molecule has 0 saturated heterocycles. The minimum atomic E-state index is -3.96. The van der Waals surface area contributed by atoms with Crippen molar-refractivity contribution in [2.24, 2.45) is 0 Å². The Hall–Kier alpha value is -1.11. The van der Waals surface area contributed by atoms with Gasteiger partial charge in [0.1, 0.15) is 0 Å². The second kappa shape index (κ2) is 7.06. The molecule has 0 aliphatic carbocycles. The van der Waals surface area contributed by atoms with Crippen LogP contribution in [-0.4, -0.2) is 46.0 Å². The lowest BCUT2D eigenvalue weighted by Gasteiger charge is -2.18. The Labute approximate surface area is 123 Å². The molecule has 20 heavy (non-hydrogen) atoms. The lowest BCUT2D eigenvalue weighted by atomic mass is 10.1. The standard InChI is InChI=1S/C13H18ClNO4S/c1-4-19-8-7-15(3)13(16)11-9-10(2)5-6-12(11)20(14,17)18/h5-6,9H,4,7-8H2,1-3H3. The number of carbonyl (C=O) groups excluding carboxylic acids is 1. The summed E-state index contributed by atoms with van der Waals surface area (Å²) in [7, 11) is 3.00. The molecule has 0 spiro atoms. The molecule has 1 amide bonds. The summed E-state index contributed by atoms with van der Waals surface area (Å²) in [6.45, 7) is 4.98. The van der Waals surface area contributed by atoms with Gasteiger partial charge in [0.15, 0.2) is 0 Å². The third-order valence-electron chi connectivity index (χ3n) is 2.75. The Balaban J connectivity index is 3.06. The normalized spacial score (nSPS) is 11.4. The van der Waals surface area contributed by atoms with Gasteiger partial charge in [-0.05, 0) is 26.0 Å². The molecule has 5 nitrogen and oxygen atoms in total. The van der Waals surface area contributed by atoms with Crippen LogP contribution in [0.2, 0.25) is 0 Å². The maximum absolute atomic E-state index is 12.3. The highest BCUT2D eigenvalue weighted by atomic mass is 35.7. The highest BCUT2D eigenvalue weighted by Crippen LogP contribution is 2.22. The molecular formula is C13H18ClNO4S. The summed E-state index contributed by atoms with van der Waals surface area (Å²) >= 11 is 0. The number of amides is 1. The molecule has 0 atom stereocenters. The summed E-state index contributed by atoms with van der Waals surface area (Å²) in [5.41, 5.74) is 0.870. The van der Waals surface area contributed by atoms with Crippen molar-refractivity contribution in [3.63, 3.8) is 0 Å². The predicted molar refractivity (Wildman–Crippen MR) is 77.7 cm³/mol. The summed E-state index contributed by atoms with van der Waals surface area (Å²) in [6.07, 6.45) is 0. The van der Waals surface area contributed by atoms with Crippen LogP contribution in [0.1, 0.15) is 22.8 Å². The Morgan fingerprint density at radius 2 is 2.05 bits per heavy atom. The number of ether oxygens (including phenoxy) is 1. The van der Waals surface area contributed by atoms with E-state index in [0.29, 0.717) is 19.8 Å². The van der Waals surface area contributed by atoms with Gasteiger partial charge in [-0.15, -0.1) is 0 Å². The Morgan fingerprint density at radius 3 is 2.60 bits per heavy atom. The number of carbonyl (C=O) groups is 1. The van der Waals surface area contributed by atoms with Crippen LogP contribution in [0.25, 0.3) is 0 Å². The lowest BCUT2D eigenvalue weighted by molar-refractivity contribution is 0.0706. The zero-order chi connectivity index (χ0) is 15.3. The van der Waals surface area contributed by atoms with Gasteiger partial charge in [0, 0.05) is 30.9 Å². The van der Waals surface area contributed by atoms with E-state index in [0.717, 1.165) is 5.56 Å². The Bertz CT molecular complexity index is 586. The first-order chi connectivity index (χ1) is 9.27. The first-order valence-electron chi connectivity index (χ1n) is 6.16. The van der Waals surface area contributed by atoms with E-state index < -0.39 is 15.0 Å². The van der Waals surface area contributed by atoms with Gasteiger partial charge in [0.25, 0.3) is 15.0 Å². The molecule has 0 aromatic heterocycles. The topological polar surface area (TPSA) is 63.7 Å². The molecule has 0 aliphatic rings. The van der Waals surface area contributed by atoms with Crippen molar-refractivity contribution in [3.8, 4) is 0 Å². The fourth-order valence-electron chi connectivity index (χ4n) is 1.68. The SMILES string of the molecule is CCOCCN(C)C(=O)c1cc(C)ccc1S(=O)(=O)Cl. The Morgan fingerprint density at radius 1 is 1.40 bits per heavy atom. The highest BCUT2D eigenvalue weighted by molar-refractivity contribution is 8.13. The lowest BCUT2D eigenvalue weighted by Crippen LogP contribution is -2.31. The third kappa shape index (κ3) is 4.47. The predicted octanol–water partition coefficient (Wildman–Crippen LogP) is 2.03. The number of likely N-dealkylation sites (N-methyl/N-ethyl adjacent to an activating group) is 1. The molecule has 0 heterocycles. The molecule has 1 rings (SSSR count). The van der Waals surface area contributed by atoms with Crippen LogP contribution < -0.4 is 0 Å². The number of nitrogens with zero attached hydrogens (tertiary/aromatic N) is 1. The highest BCUT2D eigenvalue weighted by Gasteiger charge is 2.22. The second-order valence-corrected chi connectivity index (χ2v) is 6.90. The first kappa shape index (κ1) is 16.9. The van der Waals surface area contributed by atoms with E-state index in [1.807, 2.05) is 6.92 Å². The number of hydrogen-bond acceptors (Lipinski definition) is 4. The van der Waals surface area contributed by atoms with E-state index >= 15 is 0 Å². The van der Waals surface area contributed by atoms with Crippen LogP contribution in [0, 0.1) is 6.92 Å². The van der Waals surface area contributed by atoms with Gasteiger partial charge in [-0.3, -0.25) is 4.79 Å². The molecule has 0 saturated carbocycles. The summed E-state index contributed by atoms with van der Waals surface area (Å²) in [5.74, 6) is -0.396. The second-order valence-electron chi connectivity index (χ2n) is 4.36. The zero-order valence-electron chi connectivity index (χ0n) is 11.7. The Kier molecular flexibility index (Phi) is 5.98. The van der Waals surface area contributed by atoms with E-state index in [1.54, 1.807) is 20.0 Å². The van der Waals surface area contributed by atoms with Crippen molar-refractivity contribution in [2.75, 3.05) is 26.8 Å². The van der Waals surface area contributed by atoms with Crippen molar-refractivity contribution in [1.29, 1.82) is 0 Å². The van der Waals surface area contributed by atoms with Crippen LogP contribution in [0.15, 0.2) is 23.1 Å². The van der Waals surface area contributed by atoms with Crippen LogP contribution in [-0.2, 0) is 13.8 Å². The average molecular weight is 320 g/mol. The van der Waals surface area contributed by atoms with Crippen LogP contribution in [0.3, 0.4) is 0 Å². The fourth-order valence-corrected chi connectivity index (χ4v) is 2.72. The molecule has 0 fully saturated rings. The van der Waals surface area contributed by atoms with Gasteiger partial charge in [-0.2, -0.15) is 0 Å². The number of aryl methyl sites for hydroxylation is 1. The molecule has 0 N–H and O–H groups in total. The van der Waals surface area contributed by atoms with Crippen molar-refractivity contribution in [3.05, 3.63) is 29.3 Å². The molecule has 112 valence electrons. The van der Waals surface area contributed by atoms with Crippen LogP contribution in [0.4, 0.5) is 0 Å². The summed E-state index contributed by atoms with van der Waals surface area (Å²) in [6, 6.07) is 4.47. The number of halogens is 1. The number of hydrogen-bond donors (Lipinski definition) is 0. The van der Waals surface area contributed by atoms with Gasteiger partial charge < -0.3 is 9.64 Å². The van der Waals surface area contributed by atoms with Crippen molar-refractivity contribution in [2.45, 2.75) is 18.7 Å². The summed E-state index contributed by atoms with van der Waals surface area (Å²) in [5, 5.41) is 0. The molecule has 0 aliphatic heterocycles. The van der Waals surface area contributed by atoms with Gasteiger partial charge in [-0.1, -0.05) is 11.6 Å². The van der Waals surface area contributed by atoms with E-state index in [2.05, 4.69) is 0 Å². The first-order valence-corrected chi connectivity index (χ1v) is 8.46. The van der Waals surface area contributed by atoms with E-state index in [-0.39, 0.29) is 10.5 Å². The van der Waals surface area contributed by atoms with E-state index in [4.69, 9.17) is 15.4 Å². The largest absolute Gasteiger partial charge is 0.380 e. The molecular weight excluding hydrogens is 302 g/mol. The molecule has 1 aromatic rings. The molecule has 0 unspecified atom stereocenters. The van der Waals surface area contributed by atoms with Gasteiger partial charge in [-0.25, -0.2) is 8.42 Å². The van der Waals surface area contributed by atoms with Gasteiger partial charge in [0.2, 0.25) is 0 Å². The average Bonchev–Trinajstić information content (AvgIpc) is 2.36. The van der Waals surface area contributed by atoms with Crippen molar-refractivity contribution >= 4 is 25.6 Å². The number of rotatable bonds is 6. The summed E-state index contributed by atoms with van der Waals surface area (Å²) in [4.78, 5) is 13.6. The molecule has 1 aromatic carbocycles. The van der Waals surface area contributed by atoms with E-state index in [9.17, 15) is 13.2 Å². The van der Waals surface area contributed by atoms with Gasteiger partial charge in [0.05, 0.1) is 17.1 Å². The monoisotopic (exact) mass is 319 g/mol. The minimum absolute atomic E-state index is 0.0824. The van der Waals surface area contributed by atoms with E-state index in [1.165, 1.54) is 17.0 Å². The summed E-state index contributed by atoms with van der Waals surface area (Å²) < 4.78 is 28.2. The maximum Gasteiger partial charge on any atom is 0.262 e. The van der Waals surface area contributed by atoms with Crippen molar-refractivity contribution < 1.29 is 17.9 Å². The van der Waals surface area contributed by atoms with Crippen LogP contribution in [0.5, 0.6) is 0 Å². The molecule has 0 bridgehead atoms. The number of benzene rings is 1. The minimum Gasteiger partial charge on any atom is -0.380 e. The molecule has 7 heteroatoms. The zero-order valence-corrected chi connectivity index (χ0v) is 13.3. The fraction of sp³-hybridized carbons (Fsp3) is 0.462. The third-order valence-corrected chi connectivity index (χ3v) is 4.13.